The number of pyridine rings is 1. The van der Waals surface area contributed by atoms with Gasteiger partial charge in [0.15, 0.2) is 0 Å². The van der Waals surface area contributed by atoms with Gasteiger partial charge in [0.05, 0.1) is 17.5 Å². The van der Waals surface area contributed by atoms with E-state index in [0.717, 1.165) is 22.2 Å². The molecule has 0 saturated carbocycles. The normalized spacial score (nSPS) is 13.2. The minimum Gasteiger partial charge on any atom is -0.322 e. The van der Waals surface area contributed by atoms with E-state index in [1.165, 1.54) is 0 Å². The number of amides is 2. The van der Waals surface area contributed by atoms with Crippen LogP contribution in [0.4, 0.5) is 11.4 Å². The number of benzene rings is 2. The zero-order chi connectivity index (χ0) is 17.6. The van der Waals surface area contributed by atoms with Crippen molar-refractivity contribution in [3.8, 4) is 0 Å². The number of nitrogens with one attached hydrogen (secondary N) is 1. The summed E-state index contributed by atoms with van der Waals surface area (Å²) in [6, 6.07) is 13.2. The van der Waals surface area contributed by atoms with Crippen molar-refractivity contribution in [2.45, 2.75) is 13.3 Å². The number of fused-ring (bicyclic) bond motifs is 2. The highest BCUT2D eigenvalue weighted by Gasteiger charge is 2.24. The van der Waals surface area contributed by atoms with Crippen molar-refractivity contribution in [3.63, 3.8) is 0 Å². The van der Waals surface area contributed by atoms with Crippen LogP contribution in [-0.4, -0.2) is 23.8 Å². The molecule has 5 nitrogen and oxygen atoms in total. The minimum atomic E-state index is -0.195. The first-order valence-electron chi connectivity index (χ1n) is 8.10. The van der Waals surface area contributed by atoms with Gasteiger partial charge in [-0.25, -0.2) is 0 Å². The van der Waals surface area contributed by atoms with Crippen LogP contribution in [0.5, 0.6) is 0 Å². The number of likely N-dealkylation sites (N-methyl/N-ethyl adjacent to an activating group) is 1. The fraction of sp³-hybridized carbons (Fsp3) is 0.150. The lowest BCUT2D eigenvalue weighted by molar-refractivity contribution is -0.117. The summed E-state index contributed by atoms with van der Waals surface area (Å²) in [5.74, 6) is -0.132. The van der Waals surface area contributed by atoms with Crippen LogP contribution in [-0.2, 0) is 11.2 Å². The maximum absolute atomic E-state index is 12.8. The van der Waals surface area contributed by atoms with Gasteiger partial charge in [-0.1, -0.05) is 18.2 Å². The Hall–Kier alpha value is -3.21. The first-order valence-corrected chi connectivity index (χ1v) is 8.10. The molecular formula is C20H17N3O2. The maximum Gasteiger partial charge on any atom is 0.258 e. The number of rotatable bonds is 2. The van der Waals surface area contributed by atoms with Crippen LogP contribution in [0.3, 0.4) is 0 Å². The SMILES string of the molecule is Cc1ccc2cccnc2c1C(=O)Nc1ccc2c(c1)CC(=O)N2C. The van der Waals surface area contributed by atoms with Gasteiger partial charge in [-0.05, 0) is 42.3 Å². The van der Waals surface area contributed by atoms with Crippen molar-refractivity contribution < 1.29 is 9.59 Å². The third-order valence-electron chi connectivity index (χ3n) is 4.62. The van der Waals surface area contributed by atoms with Gasteiger partial charge in [-0.3, -0.25) is 14.6 Å². The fourth-order valence-electron chi connectivity index (χ4n) is 3.27. The van der Waals surface area contributed by atoms with Crippen molar-refractivity contribution in [2.75, 3.05) is 17.3 Å². The molecule has 0 unspecified atom stereocenters. The zero-order valence-corrected chi connectivity index (χ0v) is 14.0. The second-order valence-electron chi connectivity index (χ2n) is 6.26. The summed E-state index contributed by atoms with van der Waals surface area (Å²) in [5.41, 5.74) is 4.64. The molecule has 2 aromatic carbocycles. The molecular weight excluding hydrogens is 314 g/mol. The second kappa shape index (κ2) is 5.70. The van der Waals surface area contributed by atoms with Crippen LogP contribution in [0, 0.1) is 6.92 Å². The van der Waals surface area contributed by atoms with Crippen molar-refractivity contribution in [2.24, 2.45) is 0 Å². The lowest BCUT2D eigenvalue weighted by Gasteiger charge is -2.12. The van der Waals surface area contributed by atoms with E-state index in [1.807, 2.05) is 49.4 Å². The van der Waals surface area contributed by atoms with Gasteiger partial charge in [0.1, 0.15) is 0 Å². The molecule has 2 heterocycles. The largest absolute Gasteiger partial charge is 0.322 e. The molecule has 4 rings (SSSR count). The van der Waals surface area contributed by atoms with Crippen LogP contribution >= 0.6 is 0 Å². The zero-order valence-electron chi connectivity index (χ0n) is 14.0. The Morgan fingerprint density at radius 2 is 2.04 bits per heavy atom. The number of carbonyl (C=O) groups excluding carboxylic acids is 2. The number of hydrogen-bond donors (Lipinski definition) is 1. The quantitative estimate of drug-likeness (QED) is 0.783. The van der Waals surface area contributed by atoms with Gasteiger partial charge in [-0.15, -0.1) is 0 Å². The molecule has 0 atom stereocenters. The number of carbonyl (C=O) groups is 2. The molecule has 0 spiro atoms. The number of aryl methyl sites for hydroxylation is 1. The van der Waals surface area contributed by atoms with Crippen LogP contribution in [0.25, 0.3) is 10.9 Å². The summed E-state index contributed by atoms with van der Waals surface area (Å²) < 4.78 is 0. The van der Waals surface area contributed by atoms with Gasteiger partial charge in [0, 0.05) is 30.0 Å². The van der Waals surface area contributed by atoms with Crippen LogP contribution in [0.1, 0.15) is 21.5 Å². The number of aromatic nitrogens is 1. The average molecular weight is 331 g/mol. The molecule has 0 bridgehead atoms. The highest BCUT2D eigenvalue weighted by Crippen LogP contribution is 2.30. The molecule has 1 aliphatic heterocycles. The summed E-state index contributed by atoms with van der Waals surface area (Å²) in [6.45, 7) is 1.90. The van der Waals surface area contributed by atoms with Crippen molar-refractivity contribution >= 4 is 34.1 Å². The van der Waals surface area contributed by atoms with Crippen molar-refractivity contribution in [1.82, 2.24) is 4.98 Å². The Bertz CT molecular complexity index is 1030. The summed E-state index contributed by atoms with van der Waals surface area (Å²) in [4.78, 5) is 30.7. The standard InChI is InChI=1S/C20H17N3O2/c1-12-5-6-13-4-3-9-21-19(13)18(12)20(25)22-15-7-8-16-14(10-15)11-17(24)23(16)2/h3-10H,11H2,1-2H3,(H,22,25). The van der Waals surface area contributed by atoms with Gasteiger partial charge in [0.2, 0.25) is 5.91 Å². The topological polar surface area (TPSA) is 62.3 Å². The van der Waals surface area contributed by atoms with E-state index in [1.54, 1.807) is 18.1 Å². The first kappa shape index (κ1) is 15.3. The molecule has 1 aliphatic rings. The maximum atomic E-state index is 12.8. The molecule has 5 heteroatoms. The van der Waals surface area contributed by atoms with Crippen LogP contribution in [0.15, 0.2) is 48.7 Å². The van der Waals surface area contributed by atoms with Crippen LogP contribution < -0.4 is 10.2 Å². The summed E-state index contributed by atoms with van der Waals surface area (Å²) in [6.07, 6.45) is 2.06. The summed E-state index contributed by atoms with van der Waals surface area (Å²) in [5, 5.41) is 3.87. The van der Waals surface area contributed by atoms with Gasteiger partial charge >= 0.3 is 0 Å². The highest BCUT2D eigenvalue weighted by atomic mass is 16.2. The molecule has 3 aromatic rings. The lowest BCUT2D eigenvalue weighted by Crippen LogP contribution is -2.20. The third-order valence-corrected chi connectivity index (χ3v) is 4.62. The Kier molecular flexibility index (Phi) is 3.50. The molecule has 25 heavy (non-hydrogen) atoms. The van der Waals surface area contributed by atoms with E-state index in [9.17, 15) is 9.59 Å². The average Bonchev–Trinajstić information content (AvgIpc) is 2.88. The van der Waals surface area contributed by atoms with E-state index < -0.39 is 0 Å². The van der Waals surface area contributed by atoms with Gasteiger partial charge in [0.25, 0.3) is 5.91 Å². The Morgan fingerprint density at radius 1 is 1.20 bits per heavy atom. The smallest absolute Gasteiger partial charge is 0.258 e. The highest BCUT2D eigenvalue weighted by molar-refractivity contribution is 6.13. The van der Waals surface area contributed by atoms with E-state index in [4.69, 9.17) is 0 Å². The third kappa shape index (κ3) is 2.54. The van der Waals surface area contributed by atoms with E-state index in [2.05, 4.69) is 10.3 Å². The molecule has 0 fully saturated rings. The van der Waals surface area contributed by atoms with Gasteiger partial charge < -0.3 is 10.2 Å². The van der Waals surface area contributed by atoms with Crippen molar-refractivity contribution in [3.05, 3.63) is 65.4 Å². The molecule has 124 valence electrons. The number of nitrogens with zero attached hydrogens (tertiary/aromatic N) is 2. The number of hydrogen-bond acceptors (Lipinski definition) is 3. The van der Waals surface area contributed by atoms with Crippen molar-refractivity contribution in [1.29, 1.82) is 0 Å². The van der Waals surface area contributed by atoms with E-state index >= 15 is 0 Å². The second-order valence-corrected chi connectivity index (χ2v) is 6.26. The monoisotopic (exact) mass is 331 g/mol. The molecule has 1 N–H and O–H groups in total. The fourth-order valence-corrected chi connectivity index (χ4v) is 3.27. The Balaban J connectivity index is 1.69. The molecule has 0 radical (unpaired) electrons. The van der Waals surface area contributed by atoms with Gasteiger partial charge in [-0.2, -0.15) is 0 Å². The Labute approximate surface area is 145 Å². The molecule has 0 aliphatic carbocycles. The molecule has 0 saturated heterocycles. The molecule has 2 amide bonds. The summed E-state index contributed by atoms with van der Waals surface area (Å²) >= 11 is 0. The summed E-state index contributed by atoms with van der Waals surface area (Å²) in [7, 11) is 1.76. The predicted molar refractivity (Wildman–Crippen MR) is 98.0 cm³/mol. The van der Waals surface area contributed by atoms with E-state index in [0.29, 0.717) is 23.2 Å². The predicted octanol–water partition coefficient (Wildman–Crippen LogP) is 3.31. The van der Waals surface area contributed by atoms with Crippen LogP contribution in [0.2, 0.25) is 0 Å². The molecule has 1 aromatic heterocycles. The van der Waals surface area contributed by atoms with E-state index in [-0.39, 0.29) is 11.8 Å². The lowest BCUT2D eigenvalue weighted by atomic mass is 10.0. The number of anilines is 2. The first-order chi connectivity index (χ1) is 12.0. The Morgan fingerprint density at radius 3 is 2.88 bits per heavy atom. The minimum absolute atomic E-state index is 0.0626.